The van der Waals surface area contributed by atoms with Gasteiger partial charge in [0.2, 0.25) is 0 Å². The Morgan fingerprint density at radius 1 is 0.885 bits per heavy atom. The van der Waals surface area contributed by atoms with E-state index >= 15 is 0 Å². The van der Waals surface area contributed by atoms with Crippen molar-refractivity contribution in [1.29, 1.82) is 0 Å². The summed E-state index contributed by atoms with van der Waals surface area (Å²) in [5.41, 5.74) is 0.191. The highest BCUT2D eigenvalue weighted by atomic mass is 35.5. The lowest BCUT2D eigenvalue weighted by atomic mass is 10.3. The fourth-order valence-electron chi connectivity index (χ4n) is 2.13. The van der Waals surface area contributed by atoms with Gasteiger partial charge in [-0.05, 0) is 48.5 Å². The standard InChI is InChI=1S/C18H13Cl2NO4S/c19-12-4-7-14(8-5-12)25-15-2-1-3-16(11-15)26(23,24)21-13-6-9-17(20)18(22)10-13/h1-11,21-22H. The maximum absolute atomic E-state index is 12.5. The minimum Gasteiger partial charge on any atom is -0.506 e. The molecule has 0 amide bonds. The summed E-state index contributed by atoms with van der Waals surface area (Å²) in [5, 5.41) is 10.3. The molecule has 0 radical (unpaired) electrons. The molecule has 0 atom stereocenters. The number of sulfonamides is 1. The Balaban J connectivity index is 1.83. The molecule has 0 aromatic heterocycles. The van der Waals surface area contributed by atoms with Crippen molar-refractivity contribution in [1.82, 2.24) is 0 Å². The largest absolute Gasteiger partial charge is 0.506 e. The van der Waals surface area contributed by atoms with Gasteiger partial charge in [0.05, 0.1) is 15.6 Å². The van der Waals surface area contributed by atoms with E-state index in [4.69, 9.17) is 27.9 Å². The summed E-state index contributed by atoms with van der Waals surface area (Å²) in [6.07, 6.45) is 0. The van der Waals surface area contributed by atoms with E-state index in [-0.39, 0.29) is 21.4 Å². The molecule has 3 rings (SSSR count). The molecule has 3 aromatic rings. The Hall–Kier alpha value is -2.41. The molecule has 0 aliphatic carbocycles. The lowest BCUT2D eigenvalue weighted by Gasteiger charge is -2.11. The van der Waals surface area contributed by atoms with Crippen LogP contribution in [0.4, 0.5) is 5.69 Å². The van der Waals surface area contributed by atoms with E-state index in [9.17, 15) is 13.5 Å². The maximum atomic E-state index is 12.5. The number of phenolic OH excluding ortho intramolecular Hbond substituents is 1. The maximum Gasteiger partial charge on any atom is 0.262 e. The number of aromatic hydroxyl groups is 1. The topological polar surface area (TPSA) is 75.6 Å². The van der Waals surface area contributed by atoms with Gasteiger partial charge in [0.25, 0.3) is 10.0 Å². The Morgan fingerprint density at radius 3 is 2.31 bits per heavy atom. The quantitative estimate of drug-likeness (QED) is 0.599. The summed E-state index contributed by atoms with van der Waals surface area (Å²) in [6, 6.07) is 16.8. The number of anilines is 1. The molecule has 2 N–H and O–H groups in total. The molecule has 5 nitrogen and oxygen atoms in total. The smallest absolute Gasteiger partial charge is 0.262 e. The second kappa shape index (κ2) is 7.45. The molecule has 0 aliphatic rings. The summed E-state index contributed by atoms with van der Waals surface area (Å²) < 4.78 is 33.1. The predicted octanol–water partition coefficient (Wildman–Crippen LogP) is 5.29. The van der Waals surface area contributed by atoms with Gasteiger partial charge in [0.1, 0.15) is 17.2 Å². The molecule has 3 aromatic carbocycles. The van der Waals surface area contributed by atoms with E-state index in [0.29, 0.717) is 16.5 Å². The third kappa shape index (κ3) is 4.40. The van der Waals surface area contributed by atoms with Crippen molar-refractivity contribution in [2.75, 3.05) is 4.72 Å². The van der Waals surface area contributed by atoms with E-state index in [1.807, 2.05) is 0 Å². The first-order valence-corrected chi connectivity index (χ1v) is 9.62. The molecule has 0 heterocycles. The molecular weight excluding hydrogens is 397 g/mol. The van der Waals surface area contributed by atoms with Crippen LogP contribution in [-0.2, 0) is 10.0 Å². The molecule has 134 valence electrons. The zero-order chi connectivity index (χ0) is 18.7. The van der Waals surface area contributed by atoms with Crippen LogP contribution < -0.4 is 9.46 Å². The van der Waals surface area contributed by atoms with Gasteiger partial charge in [-0.2, -0.15) is 0 Å². The molecule has 0 fully saturated rings. The van der Waals surface area contributed by atoms with Crippen molar-refractivity contribution >= 4 is 38.9 Å². The first-order valence-electron chi connectivity index (χ1n) is 7.38. The fourth-order valence-corrected chi connectivity index (χ4v) is 3.46. The summed E-state index contributed by atoms with van der Waals surface area (Å²) in [4.78, 5) is 0.0124. The highest BCUT2D eigenvalue weighted by molar-refractivity contribution is 7.92. The van der Waals surface area contributed by atoms with E-state index in [1.165, 1.54) is 30.3 Å². The molecule has 8 heteroatoms. The zero-order valence-electron chi connectivity index (χ0n) is 13.2. The highest BCUT2D eigenvalue weighted by Gasteiger charge is 2.16. The first-order chi connectivity index (χ1) is 12.3. The molecule has 0 saturated heterocycles. The number of ether oxygens (including phenoxy) is 1. The van der Waals surface area contributed by atoms with Gasteiger partial charge < -0.3 is 9.84 Å². The summed E-state index contributed by atoms with van der Waals surface area (Å²) in [6.45, 7) is 0. The molecule has 0 unspecified atom stereocenters. The van der Waals surface area contributed by atoms with Crippen molar-refractivity contribution in [3.8, 4) is 17.2 Å². The van der Waals surface area contributed by atoms with Gasteiger partial charge >= 0.3 is 0 Å². The summed E-state index contributed by atoms with van der Waals surface area (Å²) in [5.74, 6) is 0.667. The van der Waals surface area contributed by atoms with Crippen LogP contribution in [0.15, 0.2) is 71.6 Å². The van der Waals surface area contributed by atoms with Crippen LogP contribution in [0.2, 0.25) is 10.0 Å². The Labute approximate surface area is 160 Å². The number of phenols is 1. The number of nitrogens with one attached hydrogen (secondary N) is 1. The summed E-state index contributed by atoms with van der Waals surface area (Å²) >= 11 is 11.6. The third-order valence-corrected chi connectivity index (χ3v) is 5.31. The predicted molar refractivity (Wildman–Crippen MR) is 102 cm³/mol. The van der Waals surface area contributed by atoms with Crippen molar-refractivity contribution in [2.45, 2.75) is 4.90 Å². The number of hydrogen-bond donors (Lipinski definition) is 2. The first kappa shape index (κ1) is 18.4. The van der Waals surface area contributed by atoms with Gasteiger partial charge in [0, 0.05) is 17.2 Å². The van der Waals surface area contributed by atoms with E-state index in [1.54, 1.807) is 36.4 Å². The van der Waals surface area contributed by atoms with Gasteiger partial charge in [-0.15, -0.1) is 0 Å². The number of halogens is 2. The summed E-state index contributed by atoms with van der Waals surface area (Å²) in [7, 11) is -3.87. The monoisotopic (exact) mass is 409 g/mol. The Morgan fingerprint density at radius 2 is 1.62 bits per heavy atom. The lowest BCUT2D eigenvalue weighted by Crippen LogP contribution is -2.12. The molecular formula is C18H13Cl2NO4S. The van der Waals surface area contributed by atoms with Gasteiger partial charge in [-0.1, -0.05) is 29.3 Å². The van der Waals surface area contributed by atoms with Crippen molar-refractivity contribution in [3.63, 3.8) is 0 Å². The van der Waals surface area contributed by atoms with E-state index in [2.05, 4.69) is 4.72 Å². The van der Waals surface area contributed by atoms with Crippen molar-refractivity contribution in [3.05, 3.63) is 76.8 Å². The SMILES string of the molecule is O=S(=O)(Nc1ccc(Cl)c(O)c1)c1cccc(Oc2ccc(Cl)cc2)c1. The van der Waals surface area contributed by atoms with Gasteiger partial charge in [-0.25, -0.2) is 8.42 Å². The van der Waals surface area contributed by atoms with E-state index < -0.39 is 10.0 Å². The number of benzene rings is 3. The number of rotatable bonds is 5. The van der Waals surface area contributed by atoms with Crippen LogP contribution in [0.5, 0.6) is 17.2 Å². The lowest BCUT2D eigenvalue weighted by molar-refractivity contribution is 0.476. The highest BCUT2D eigenvalue weighted by Crippen LogP contribution is 2.29. The van der Waals surface area contributed by atoms with Gasteiger partial charge in [-0.3, -0.25) is 4.72 Å². The molecule has 0 aliphatic heterocycles. The van der Waals surface area contributed by atoms with E-state index in [0.717, 1.165) is 0 Å². The van der Waals surface area contributed by atoms with Crippen LogP contribution in [0.1, 0.15) is 0 Å². The van der Waals surface area contributed by atoms with Crippen LogP contribution >= 0.6 is 23.2 Å². The van der Waals surface area contributed by atoms with Crippen LogP contribution in [0.3, 0.4) is 0 Å². The molecule has 26 heavy (non-hydrogen) atoms. The fraction of sp³-hybridized carbons (Fsp3) is 0. The van der Waals surface area contributed by atoms with Crippen LogP contribution in [0, 0.1) is 0 Å². The van der Waals surface area contributed by atoms with Crippen LogP contribution in [-0.4, -0.2) is 13.5 Å². The molecule has 0 saturated carbocycles. The Bertz CT molecular complexity index is 1040. The van der Waals surface area contributed by atoms with Crippen molar-refractivity contribution in [2.24, 2.45) is 0 Å². The second-order valence-electron chi connectivity index (χ2n) is 5.30. The average molecular weight is 410 g/mol. The third-order valence-electron chi connectivity index (χ3n) is 3.36. The van der Waals surface area contributed by atoms with Crippen molar-refractivity contribution < 1.29 is 18.3 Å². The van der Waals surface area contributed by atoms with Crippen LogP contribution in [0.25, 0.3) is 0 Å². The number of hydrogen-bond acceptors (Lipinski definition) is 4. The Kier molecular flexibility index (Phi) is 5.27. The second-order valence-corrected chi connectivity index (χ2v) is 7.83. The minimum atomic E-state index is -3.87. The average Bonchev–Trinajstić information content (AvgIpc) is 2.60. The molecule has 0 spiro atoms. The normalized spacial score (nSPS) is 11.2. The molecule has 0 bridgehead atoms. The zero-order valence-corrected chi connectivity index (χ0v) is 15.5. The minimum absolute atomic E-state index is 0.0124. The van der Waals surface area contributed by atoms with Gasteiger partial charge in [0.15, 0.2) is 0 Å².